The topological polar surface area (TPSA) is 168 Å². The first kappa shape index (κ1) is 26.4. The summed E-state index contributed by atoms with van der Waals surface area (Å²) in [6.45, 7) is -0.596. The zero-order valence-corrected chi connectivity index (χ0v) is 19.8. The maximum atomic E-state index is 10.1. The van der Waals surface area contributed by atoms with Crippen molar-refractivity contribution in [1.29, 1.82) is 0 Å². The zero-order valence-electron chi connectivity index (χ0n) is 19.8. The normalized spacial score (nSPS) is 29.7. The minimum absolute atomic E-state index is 0.00727. The molecule has 0 aromatic heterocycles. The Morgan fingerprint density at radius 3 is 2.36 bits per heavy atom. The Morgan fingerprint density at radius 2 is 1.64 bits per heavy atom. The molecular weight excluding hydrogens is 476 g/mol. The van der Waals surface area contributed by atoms with Gasteiger partial charge in [0, 0.05) is 5.56 Å². The van der Waals surface area contributed by atoms with Gasteiger partial charge in [-0.2, -0.15) is 0 Å². The molecule has 0 unspecified atom stereocenters. The lowest BCUT2D eigenvalue weighted by molar-refractivity contribution is -0.301. The van der Waals surface area contributed by atoms with Gasteiger partial charge in [-0.15, -0.1) is 0 Å². The molecule has 2 aliphatic rings. The van der Waals surface area contributed by atoms with E-state index in [4.69, 9.17) is 23.7 Å². The highest BCUT2D eigenvalue weighted by molar-refractivity contribution is 5.47. The summed E-state index contributed by atoms with van der Waals surface area (Å²) < 4.78 is 28.2. The summed E-state index contributed by atoms with van der Waals surface area (Å²) in [5, 5.41) is 58.8. The molecule has 2 aromatic rings. The number of ether oxygens (including phenoxy) is 5. The molecule has 11 heteroatoms. The predicted octanol–water partition coefficient (Wildman–Crippen LogP) is 0.0233. The fraction of sp³-hybridized carbons (Fsp3) is 0.520. The standard InChI is InChI=1S/C25H32O11/c1-32-17-10-14(5-6-15(17)28)24-20(12-27)34-16-7-4-13(9-18(16)35-24)3-2-8-33-25-23(31)22(30)21(29)19(11-26)36-25/h4-7,9-10,19-31H,2-3,8,11-12H2,1H3/t19-,20+,21-,22+,23-,24+,25-/m1/s1. The van der Waals surface area contributed by atoms with Crippen LogP contribution in [-0.4, -0.2) is 94.4 Å². The molecule has 11 nitrogen and oxygen atoms in total. The van der Waals surface area contributed by atoms with Gasteiger partial charge in [-0.25, -0.2) is 0 Å². The molecule has 7 atom stereocenters. The number of rotatable bonds is 9. The number of aromatic hydroxyl groups is 1. The van der Waals surface area contributed by atoms with E-state index in [2.05, 4.69) is 0 Å². The Bertz CT molecular complexity index is 1010. The van der Waals surface area contributed by atoms with Crippen molar-refractivity contribution < 1.29 is 54.3 Å². The van der Waals surface area contributed by atoms with Crippen molar-refractivity contribution in [2.24, 2.45) is 0 Å². The molecule has 2 aliphatic heterocycles. The molecule has 4 rings (SSSR count). The van der Waals surface area contributed by atoms with Crippen LogP contribution in [-0.2, 0) is 15.9 Å². The van der Waals surface area contributed by atoms with Crippen LogP contribution in [0.2, 0.25) is 0 Å². The van der Waals surface area contributed by atoms with Crippen molar-refractivity contribution in [1.82, 2.24) is 0 Å². The Morgan fingerprint density at radius 1 is 0.861 bits per heavy atom. The summed E-state index contributed by atoms with van der Waals surface area (Å²) in [7, 11) is 1.45. The SMILES string of the molecule is COc1cc([C@@H]2Oc3cc(CCCO[C@@H]4O[C@H](CO)[C@@H](O)[C@H](O)[C@H]4O)ccc3O[C@H]2CO)ccc1O. The lowest BCUT2D eigenvalue weighted by Gasteiger charge is -2.39. The van der Waals surface area contributed by atoms with Crippen molar-refractivity contribution in [2.45, 2.75) is 55.8 Å². The largest absolute Gasteiger partial charge is 0.504 e. The zero-order chi connectivity index (χ0) is 25.8. The number of hydrogen-bond acceptors (Lipinski definition) is 11. The van der Waals surface area contributed by atoms with E-state index < -0.39 is 49.5 Å². The average Bonchev–Trinajstić information content (AvgIpc) is 2.90. The molecule has 1 fully saturated rings. The van der Waals surface area contributed by atoms with E-state index in [-0.39, 0.29) is 24.7 Å². The number of hydrogen-bond donors (Lipinski definition) is 6. The number of benzene rings is 2. The Hall–Kier alpha value is -2.64. The van der Waals surface area contributed by atoms with Gasteiger partial charge in [0.15, 0.2) is 41.5 Å². The number of phenolic OH excluding ortho intramolecular Hbond substituents is 1. The van der Waals surface area contributed by atoms with Gasteiger partial charge < -0.3 is 54.3 Å². The van der Waals surface area contributed by atoms with E-state index in [0.717, 1.165) is 5.56 Å². The number of fused-ring (bicyclic) bond motifs is 1. The van der Waals surface area contributed by atoms with Crippen LogP contribution in [0.25, 0.3) is 0 Å². The van der Waals surface area contributed by atoms with Crippen LogP contribution in [0.15, 0.2) is 36.4 Å². The van der Waals surface area contributed by atoms with E-state index in [1.54, 1.807) is 18.2 Å². The molecule has 6 N–H and O–H groups in total. The highest BCUT2D eigenvalue weighted by Crippen LogP contribution is 2.41. The first-order valence-electron chi connectivity index (χ1n) is 11.7. The number of aryl methyl sites for hydroxylation is 1. The van der Waals surface area contributed by atoms with Crippen LogP contribution in [0.5, 0.6) is 23.0 Å². The molecule has 0 spiro atoms. The molecule has 1 saturated heterocycles. The number of methoxy groups -OCH3 is 1. The third kappa shape index (κ3) is 5.52. The molecule has 0 saturated carbocycles. The fourth-order valence-corrected chi connectivity index (χ4v) is 4.30. The molecule has 2 heterocycles. The van der Waals surface area contributed by atoms with Gasteiger partial charge in [-0.3, -0.25) is 0 Å². The van der Waals surface area contributed by atoms with E-state index in [1.807, 2.05) is 12.1 Å². The number of phenols is 1. The van der Waals surface area contributed by atoms with Crippen LogP contribution in [0, 0.1) is 0 Å². The van der Waals surface area contributed by atoms with Gasteiger partial charge in [-0.05, 0) is 42.7 Å². The third-order valence-electron chi connectivity index (χ3n) is 6.33. The molecule has 0 radical (unpaired) electrons. The third-order valence-corrected chi connectivity index (χ3v) is 6.33. The van der Waals surface area contributed by atoms with Gasteiger partial charge in [0.25, 0.3) is 0 Å². The van der Waals surface area contributed by atoms with Crippen LogP contribution in [0.4, 0.5) is 0 Å². The quantitative estimate of drug-likeness (QED) is 0.253. The number of aliphatic hydroxyl groups is 5. The second kappa shape index (κ2) is 11.6. The minimum atomic E-state index is -1.48. The summed E-state index contributed by atoms with van der Waals surface area (Å²) in [6.07, 6.45) is -6.67. The summed E-state index contributed by atoms with van der Waals surface area (Å²) >= 11 is 0. The minimum Gasteiger partial charge on any atom is -0.504 e. The molecule has 2 aromatic carbocycles. The van der Waals surface area contributed by atoms with Crippen LogP contribution in [0.3, 0.4) is 0 Å². The van der Waals surface area contributed by atoms with Gasteiger partial charge in [-0.1, -0.05) is 12.1 Å². The molecule has 0 amide bonds. The summed E-state index contributed by atoms with van der Waals surface area (Å²) in [5.74, 6) is 1.28. The van der Waals surface area contributed by atoms with Crippen LogP contribution < -0.4 is 14.2 Å². The fourth-order valence-electron chi connectivity index (χ4n) is 4.30. The van der Waals surface area contributed by atoms with E-state index in [0.29, 0.717) is 29.9 Å². The van der Waals surface area contributed by atoms with Gasteiger partial charge in [0.1, 0.15) is 24.4 Å². The molecular formula is C25H32O11. The second-order valence-electron chi connectivity index (χ2n) is 8.76. The highest BCUT2D eigenvalue weighted by atomic mass is 16.7. The van der Waals surface area contributed by atoms with Crippen molar-refractivity contribution in [2.75, 3.05) is 26.9 Å². The lowest BCUT2D eigenvalue weighted by Crippen LogP contribution is -2.59. The molecule has 198 valence electrons. The van der Waals surface area contributed by atoms with E-state index >= 15 is 0 Å². The van der Waals surface area contributed by atoms with Gasteiger partial charge in [0.05, 0.1) is 26.9 Å². The maximum Gasteiger partial charge on any atom is 0.186 e. The Labute approximate surface area is 208 Å². The van der Waals surface area contributed by atoms with Crippen molar-refractivity contribution in [3.63, 3.8) is 0 Å². The predicted molar refractivity (Wildman–Crippen MR) is 124 cm³/mol. The van der Waals surface area contributed by atoms with Crippen molar-refractivity contribution in [3.8, 4) is 23.0 Å². The van der Waals surface area contributed by atoms with Crippen LogP contribution >= 0.6 is 0 Å². The first-order chi connectivity index (χ1) is 17.4. The van der Waals surface area contributed by atoms with Gasteiger partial charge >= 0.3 is 0 Å². The number of aliphatic hydroxyl groups excluding tert-OH is 5. The summed E-state index contributed by atoms with van der Waals surface area (Å²) in [6, 6.07) is 10.3. The van der Waals surface area contributed by atoms with E-state index in [9.17, 15) is 30.6 Å². The lowest BCUT2D eigenvalue weighted by atomic mass is 9.99. The molecule has 0 bridgehead atoms. The Kier molecular flexibility index (Phi) is 8.52. The van der Waals surface area contributed by atoms with Gasteiger partial charge in [0.2, 0.25) is 0 Å². The summed E-state index contributed by atoms with van der Waals surface area (Å²) in [5.41, 5.74) is 1.60. The van der Waals surface area contributed by atoms with Crippen molar-refractivity contribution in [3.05, 3.63) is 47.5 Å². The molecule has 36 heavy (non-hydrogen) atoms. The maximum absolute atomic E-state index is 10.1. The van der Waals surface area contributed by atoms with E-state index in [1.165, 1.54) is 13.2 Å². The highest BCUT2D eigenvalue weighted by Gasteiger charge is 2.44. The van der Waals surface area contributed by atoms with Crippen LogP contribution in [0.1, 0.15) is 23.7 Å². The summed E-state index contributed by atoms with van der Waals surface area (Å²) in [4.78, 5) is 0. The smallest absolute Gasteiger partial charge is 0.186 e. The monoisotopic (exact) mass is 508 g/mol. The first-order valence-corrected chi connectivity index (χ1v) is 11.7. The average molecular weight is 509 g/mol. The Balaban J connectivity index is 1.37. The second-order valence-corrected chi connectivity index (χ2v) is 8.76. The molecule has 0 aliphatic carbocycles. The van der Waals surface area contributed by atoms with Crippen molar-refractivity contribution >= 4 is 0 Å².